The number of hydrogen-bond donors (Lipinski definition) is 0. The van der Waals surface area contributed by atoms with E-state index in [1.165, 1.54) is 32.0 Å². The molecule has 1 heterocycles. The van der Waals surface area contributed by atoms with Crippen LogP contribution in [-0.2, 0) is 6.54 Å². The van der Waals surface area contributed by atoms with Crippen molar-refractivity contribution in [1.82, 2.24) is 0 Å². The Morgan fingerprint density at radius 2 is 1.60 bits per heavy atom. The number of nitrogens with zero attached hydrogens (tertiary/aromatic N) is 2. The SMILES string of the molecule is CCOc1ccc2sc(-c3ccc(N(CC)CC)cc3)[n+](Cc3ccccc3)c2c1. The number of hydrogen-bond acceptors (Lipinski definition) is 3. The molecule has 0 aliphatic carbocycles. The standard InChI is InChI=1S/C26H29N2OS/c1-4-27(5-2)22-14-12-21(13-15-22)26-28(19-20-10-8-7-9-11-20)24-18-23(29-6-3)16-17-25(24)30-26/h7-18H,4-6,19H2,1-3H3/q+1. The number of ether oxygens (including phenoxy) is 1. The van der Waals surface area contributed by atoms with Crippen LogP contribution < -0.4 is 14.2 Å². The van der Waals surface area contributed by atoms with Crippen LogP contribution in [0.15, 0.2) is 72.8 Å². The molecule has 3 aromatic carbocycles. The van der Waals surface area contributed by atoms with Gasteiger partial charge in [-0.05, 0) is 57.2 Å². The molecule has 0 radical (unpaired) electrons. The molecular weight excluding hydrogens is 388 g/mol. The van der Waals surface area contributed by atoms with Crippen molar-refractivity contribution in [3.8, 4) is 16.3 Å². The van der Waals surface area contributed by atoms with E-state index < -0.39 is 0 Å². The molecule has 0 N–H and O–H groups in total. The minimum atomic E-state index is 0.675. The molecule has 3 nitrogen and oxygen atoms in total. The van der Waals surface area contributed by atoms with Gasteiger partial charge in [-0.25, -0.2) is 0 Å². The van der Waals surface area contributed by atoms with Crippen LogP contribution >= 0.6 is 11.3 Å². The number of benzene rings is 3. The van der Waals surface area contributed by atoms with Crippen molar-refractivity contribution in [2.75, 3.05) is 24.6 Å². The van der Waals surface area contributed by atoms with E-state index >= 15 is 0 Å². The maximum Gasteiger partial charge on any atom is 0.270 e. The highest BCUT2D eigenvalue weighted by Crippen LogP contribution is 2.32. The third kappa shape index (κ3) is 4.19. The molecule has 0 spiro atoms. The summed E-state index contributed by atoms with van der Waals surface area (Å²) in [6.45, 7) is 9.98. The zero-order chi connectivity index (χ0) is 20.9. The average molecular weight is 418 g/mol. The quantitative estimate of drug-likeness (QED) is 0.320. The molecule has 0 fully saturated rings. The highest BCUT2D eigenvalue weighted by molar-refractivity contribution is 7.21. The summed E-state index contributed by atoms with van der Waals surface area (Å²) in [6.07, 6.45) is 0. The summed E-state index contributed by atoms with van der Waals surface area (Å²) in [5.41, 5.74) is 5.04. The molecule has 1 aromatic heterocycles. The fourth-order valence-electron chi connectivity index (χ4n) is 3.86. The van der Waals surface area contributed by atoms with Crippen LogP contribution in [0, 0.1) is 0 Å². The Bertz CT molecular complexity index is 1100. The van der Waals surface area contributed by atoms with E-state index in [2.05, 4.69) is 96.1 Å². The Hall–Kier alpha value is -2.85. The van der Waals surface area contributed by atoms with Gasteiger partial charge in [0.25, 0.3) is 5.01 Å². The summed E-state index contributed by atoms with van der Waals surface area (Å²) >= 11 is 1.84. The predicted octanol–water partition coefficient (Wildman–Crippen LogP) is 6.15. The molecule has 0 amide bonds. The number of fused-ring (bicyclic) bond motifs is 1. The first-order valence-electron chi connectivity index (χ1n) is 10.7. The molecule has 0 aliphatic rings. The average Bonchev–Trinajstić information content (AvgIpc) is 3.14. The molecule has 4 heteroatoms. The molecular formula is C26H29N2OS+. The van der Waals surface area contributed by atoms with Gasteiger partial charge in [-0.3, -0.25) is 0 Å². The fourth-order valence-corrected chi connectivity index (χ4v) is 5.01. The lowest BCUT2D eigenvalue weighted by Gasteiger charge is -2.20. The largest absolute Gasteiger partial charge is 0.494 e. The highest BCUT2D eigenvalue weighted by atomic mass is 32.1. The van der Waals surface area contributed by atoms with E-state index in [1.807, 2.05) is 18.3 Å². The summed E-state index contributed by atoms with van der Waals surface area (Å²) in [4.78, 5) is 2.38. The minimum Gasteiger partial charge on any atom is -0.494 e. The molecule has 0 saturated carbocycles. The predicted molar refractivity (Wildman–Crippen MR) is 128 cm³/mol. The van der Waals surface area contributed by atoms with E-state index in [0.717, 1.165) is 25.4 Å². The third-order valence-electron chi connectivity index (χ3n) is 5.41. The summed E-state index contributed by atoms with van der Waals surface area (Å²) < 4.78 is 9.48. The van der Waals surface area contributed by atoms with Crippen LogP contribution in [0.3, 0.4) is 0 Å². The summed E-state index contributed by atoms with van der Waals surface area (Å²) in [5, 5.41) is 1.27. The van der Waals surface area contributed by atoms with Crippen molar-refractivity contribution in [1.29, 1.82) is 0 Å². The van der Waals surface area contributed by atoms with Gasteiger partial charge >= 0.3 is 0 Å². The van der Waals surface area contributed by atoms with Crippen LogP contribution in [0.5, 0.6) is 5.75 Å². The van der Waals surface area contributed by atoms with Gasteiger partial charge in [-0.15, -0.1) is 0 Å². The molecule has 4 rings (SSSR count). The van der Waals surface area contributed by atoms with Gasteiger partial charge in [0.15, 0.2) is 6.54 Å². The first-order chi connectivity index (χ1) is 14.7. The molecule has 0 saturated heterocycles. The van der Waals surface area contributed by atoms with E-state index in [-0.39, 0.29) is 0 Å². The first kappa shape index (κ1) is 20.4. The van der Waals surface area contributed by atoms with E-state index in [4.69, 9.17) is 4.74 Å². The number of rotatable bonds is 8. The molecule has 154 valence electrons. The fraction of sp³-hybridized carbons (Fsp3) is 0.269. The van der Waals surface area contributed by atoms with E-state index in [0.29, 0.717) is 6.61 Å². The van der Waals surface area contributed by atoms with Crippen molar-refractivity contribution in [3.05, 3.63) is 78.4 Å². The molecule has 30 heavy (non-hydrogen) atoms. The summed E-state index contributed by atoms with van der Waals surface area (Å²) in [5.74, 6) is 0.924. The van der Waals surface area contributed by atoms with Gasteiger partial charge in [0.1, 0.15) is 10.4 Å². The third-order valence-corrected chi connectivity index (χ3v) is 6.62. The van der Waals surface area contributed by atoms with Gasteiger partial charge in [-0.1, -0.05) is 41.7 Å². The molecule has 0 atom stereocenters. The Labute approximate surface area is 183 Å². The van der Waals surface area contributed by atoms with Crippen LogP contribution in [0.1, 0.15) is 26.3 Å². The maximum atomic E-state index is 5.79. The van der Waals surface area contributed by atoms with Gasteiger partial charge in [0, 0.05) is 24.3 Å². The molecule has 0 unspecified atom stereocenters. The van der Waals surface area contributed by atoms with Crippen molar-refractivity contribution < 1.29 is 9.30 Å². The second kappa shape index (κ2) is 9.31. The normalized spacial score (nSPS) is 11.0. The van der Waals surface area contributed by atoms with Crippen LogP contribution in [0.25, 0.3) is 20.8 Å². The van der Waals surface area contributed by atoms with Gasteiger partial charge in [0.05, 0.1) is 18.2 Å². The second-order valence-electron chi connectivity index (χ2n) is 7.26. The van der Waals surface area contributed by atoms with E-state index in [1.54, 1.807) is 0 Å². The Morgan fingerprint density at radius 1 is 0.867 bits per heavy atom. The minimum absolute atomic E-state index is 0.675. The Kier molecular flexibility index (Phi) is 6.34. The first-order valence-corrected chi connectivity index (χ1v) is 11.5. The maximum absolute atomic E-state index is 5.79. The van der Waals surface area contributed by atoms with Crippen LogP contribution in [0.4, 0.5) is 5.69 Å². The van der Waals surface area contributed by atoms with Crippen molar-refractivity contribution >= 4 is 27.2 Å². The summed E-state index contributed by atoms with van der Waals surface area (Å²) in [7, 11) is 0. The highest BCUT2D eigenvalue weighted by Gasteiger charge is 2.23. The lowest BCUT2D eigenvalue weighted by Crippen LogP contribution is -2.35. The zero-order valence-electron chi connectivity index (χ0n) is 18.0. The van der Waals surface area contributed by atoms with E-state index in [9.17, 15) is 0 Å². The smallest absolute Gasteiger partial charge is 0.270 e. The zero-order valence-corrected chi connectivity index (χ0v) is 18.8. The van der Waals surface area contributed by atoms with Gasteiger partial charge in [-0.2, -0.15) is 4.57 Å². The van der Waals surface area contributed by atoms with Crippen molar-refractivity contribution in [2.24, 2.45) is 0 Å². The van der Waals surface area contributed by atoms with Crippen LogP contribution in [0.2, 0.25) is 0 Å². The molecule has 0 aliphatic heterocycles. The van der Waals surface area contributed by atoms with Crippen molar-refractivity contribution in [2.45, 2.75) is 27.3 Å². The Balaban J connectivity index is 1.80. The summed E-state index contributed by atoms with van der Waals surface area (Å²) in [6, 6.07) is 26.1. The lowest BCUT2D eigenvalue weighted by atomic mass is 10.1. The second-order valence-corrected chi connectivity index (χ2v) is 8.29. The number of aromatic nitrogens is 1. The topological polar surface area (TPSA) is 16.4 Å². The van der Waals surface area contributed by atoms with Gasteiger partial charge in [0.2, 0.25) is 5.52 Å². The molecule has 4 aromatic rings. The van der Waals surface area contributed by atoms with Gasteiger partial charge < -0.3 is 9.64 Å². The lowest BCUT2D eigenvalue weighted by molar-refractivity contribution is -0.647. The number of anilines is 1. The monoisotopic (exact) mass is 417 g/mol. The van der Waals surface area contributed by atoms with Crippen LogP contribution in [-0.4, -0.2) is 19.7 Å². The number of thiazole rings is 1. The molecule has 0 bridgehead atoms. The van der Waals surface area contributed by atoms with Crippen molar-refractivity contribution in [3.63, 3.8) is 0 Å². The Morgan fingerprint density at radius 3 is 2.27 bits per heavy atom.